The maximum absolute atomic E-state index is 12.4. The number of nitrogens with zero attached hydrogens (tertiary/aromatic N) is 7. The van der Waals surface area contributed by atoms with Crippen LogP contribution < -0.4 is 0 Å². The number of nitro groups is 1. The minimum absolute atomic E-state index is 0.0251. The van der Waals surface area contributed by atoms with E-state index in [-0.39, 0.29) is 18.1 Å². The minimum atomic E-state index is -0.486. The van der Waals surface area contributed by atoms with Gasteiger partial charge in [-0.1, -0.05) is 0 Å². The molecule has 0 saturated carbocycles. The van der Waals surface area contributed by atoms with Crippen LogP contribution in [-0.4, -0.2) is 66.4 Å². The topological polar surface area (TPSA) is 102 Å². The predicted molar refractivity (Wildman–Crippen MR) is 88.7 cm³/mol. The molecule has 10 nitrogen and oxygen atoms in total. The van der Waals surface area contributed by atoms with Crippen molar-refractivity contribution in [1.29, 1.82) is 0 Å². The quantitative estimate of drug-likeness (QED) is 0.565. The lowest BCUT2D eigenvalue weighted by Gasteiger charge is -2.34. The fraction of sp³-hybridized carbons (Fsp3) is 0.533. The Kier molecular flexibility index (Phi) is 4.79. The zero-order valence-corrected chi connectivity index (χ0v) is 14.3. The summed E-state index contributed by atoms with van der Waals surface area (Å²) in [5.74, 6) is -0.0709. The van der Waals surface area contributed by atoms with Gasteiger partial charge in [-0.05, 0) is 6.92 Å². The van der Waals surface area contributed by atoms with Gasteiger partial charge in [0.2, 0.25) is 5.91 Å². The molecule has 25 heavy (non-hydrogen) atoms. The third-order valence-electron chi connectivity index (χ3n) is 4.30. The summed E-state index contributed by atoms with van der Waals surface area (Å²) in [6.07, 6.45) is 5.15. The number of piperazine rings is 1. The van der Waals surface area contributed by atoms with E-state index in [9.17, 15) is 14.9 Å². The molecule has 0 aliphatic carbocycles. The molecule has 0 N–H and O–H groups in total. The Balaban J connectivity index is 1.51. The second kappa shape index (κ2) is 7.01. The molecular formula is C15H21N7O3. The van der Waals surface area contributed by atoms with Gasteiger partial charge in [0.15, 0.2) is 0 Å². The lowest BCUT2D eigenvalue weighted by Crippen LogP contribution is -2.49. The highest BCUT2D eigenvalue weighted by Crippen LogP contribution is 2.15. The van der Waals surface area contributed by atoms with E-state index in [1.165, 1.54) is 10.9 Å². The molecule has 1 aliphatic heterocycles. The van der Waals surface area contributed by atoms with Gasteiger partial charge in [-0.3, -0.25) is 29.2 Å². The minimum Gasteiger partial charge on any atom is -0.339 e. The molecule has 1 fully saturated rings. The average Bonchev–Trinajstić information content (AvgIpc) is 3.13. The average molecular weight is 347 g/mol. The van der Waals surface area contributed by atoms with Crippen LogP contribution in [0.3, 0.4) is 0 Å². The van der Waals surface area contributed by atoms with Crippen molar-refractivity contribution in [3.63, 3.8) is 0 Å². The molecule has 1 saturated heterocycles. The van der Waals surface area contributed by atoms with Gasteiger partial charge in [-0.15, -0.1) is 0 Å². The Bertz CT molecular complexity index is 774. The maximum Gasteiger partial charge on any atom is 0.309 e. The molecule has 10 heteroatoms. The van der Waals surface area contributed by atoms with Gasteiger partial charge < -0.3 is 4.90 Å². The number of aromatic nitrogens is 4. The summed E-state index contributed by atoms with van der Waals surface area (Å²) < 4.78 is 3.12. The molecule has 1 aliphatic rings. The molecule has 0 atom stereocenters. The van der Waals surface area contributed by atoms with Crippen molar-refractivity contribution >= 4 is 11.6 Å². The van der Waals surface area contributed by atoms with Crippen molar-refractivity contribution in [3.8, 4) is 0 Å². The van der Waals surface area contributed by atoms with Gasteiger partial charge in [0.25, 0.3) is 0 Å². The van der Waals surface area contributed by atoms with E-state index in [0.29, 0.717) is 18.8 Å². The van der Waals surface area contributed by atoms with Crippen molar-refractivity contribution < 1.29 is 9.72 Å². The number of carbonyl (C=O) groups excluding carboxylic acids is 1. The Hall–Kier alpha value is -2.75. The van der Waals surface area contributed by atoms with Crippen LogP contribution in [0, 0.1) is 17.0 Å². The summed E-state index contributed by atoms with van der Waals surface area (Å²) in [7, 11) is 1.89. The van der Waals surface area contributed by atoms with E-state index in [2.05, 4.69) is 15.1 Å². The van der Waals surface area contributed by atoms with E-state index in [1.807, 2.05) is 19.4 Å². The Morgan fingerprint density at radius 1 is 1.28 bits per heavy atom. The van der Waals surface area contributed by atoms with E-state index >= 15 is 0 Å². The molecular weight excluding hydrogens is 326 g/mol. The molecule has 0 spiro atoms. The van der Waals surface area contributed by atoms with Crippen LogP contribution in [0.4, 0.5) is 5.69 Å². The molecule has 2 aromatic heterocycles. The third kappa shape index (κ3) is 4.02. The highest BCUT2D eigenvalue weighted by atomic mass is 16.6. The fourth-order valence-electron chi connectivity index (χ4n) is 2.97. The number of amides is 1. The van der Waals surface area contributed by atoms with Crippen LogP contribution in [0.5, 0.6) is 0 Å². The first kappa shape index (κ1) is 17.1. The summed E-state index contributed by atoms with van der Waals surface area (Å²) in [5, 5.41) is 19.1. The van der Waals surface area contributed by atoms with Crippen molar-refractivity contribution in [3.05, 3.63) is 40.0 Å². The zero-order valence-electron chi connectivity index (χ0n) is 14.3. The van der Waals surface area contributed by atoms with Crippen molar-refractivity contribution in [2.75, 3.05) is 26.2 Å². The van der Waals surface area contributed by atoms with Gasteiger partial charge in [0.1, 0.15) is 18.4 Å². The molecule has 3 rings (SSSR count). The van der Waals surface area contributed by atoms with E-state index < -0.39 is 4.92 Å². The normalized spacial score (nSPS) is 15.5. The number of carbonyl (C=O) groups is 1. The van der Waals surface area contributed by atoms with Crippen molar-refractivity contribution in [2.24, 2.45) is 7.05 Å². The van der Waals surface area contributed by atoms with Gasteiger partial charge in [0.05, 0.1) is 11.1 Å². The molecule has 0 radical (unpaired) electrons. The lowest BCUT2D eigenvalue weighted by molar-refractivity contribution is -0.385. The molecule has 1 amide bonds. The smallest absolute Gasteiger partial charge is 0.309 e. The number of rotatable bonds is 5. The molecule has 0 bridgehead atoms. The van der Waals surface area contributed by atoms with E-state index in [4.69, 9.17) is 0 Å². The van der Waals surface area contributed by atoms with E-state index in [1.54, 1.807) is 16.5 Å². The predicted octanol–water partition coefficient (Wildman–Crippen LogP) is 0.178. The number of hydrogen-bond donors (Lipinski definition) is 0. The highest BCUT2D eigenvalue weighted by molar-refractivity contribution is 5.76. The first-order valence-electron chi connectivity index (χ1n) is 8.08. The first-order valence-corrected chi connectivity index (χ1v) is 8.08. The van der Waals surface area contributed by atoms with Crippen LogP contribution in [0.1, 0.15) is 11.3 Å². The van der Waals surface area contributed by atoms with Crippen LogP contribution in [0.2, 0.25) is 0 Å². The molecule has 3 heterocycles. The van der Waals surface area contributed by atoms with Crippen LogP contribution in [-0.2, 0) is 24.9 Å². The Labute approximate surface area is 144 Å². The van der Waals surface area contributed by atoms with E-state index in [0.717, 1.165) is 25.2 Å². The zero-order chi connectivity index (χ0) is 18.0. The molecule has 0 aromatic carbocycles. The lowest BCUT2D eigenvalue weighted by atomic mass is 10.2. The summed E-state index contributed by atoms with van der Waals surface area (Å²) in [6.45, 7) is 5.27. The number of aryl methyl sites for hydroxylation is 2. The molecule has 2 aromatic rings. The van der Waals surface area contributed by atoms with Gasteiger partial charge in [-0.2, -0.15) is 10.2 Å². The van der Waals surface area contributed by atoms with Gasteiger partial charge >= 0.3 is 5.69 Å². The van der Waals surface area contributed by atoms with Gasteiger partial charge in [0, 0.05) is 51.5 Å². The summed E-state index contributed by atoms with van der Waals surface area (Å²) >= 11 is 0. The van der Waals surface area contributed by atoms with Crippen LogP contribution >= 0.6 is 0 Å². The maximum atomic E-state index is 12.4. The fourth-order valence-corrected chi connectivity index (χ4v) is 2.97. The second-order valence-corrected chi connectivity index (χ2v) is 6.23. The Morgan fingerprint density at radius 2 is 2.00 bits per heavy atom. The highest BCUT2D eigenvalue weighted by Gasteiger charge is 2.23. The summed E-state index contributed by atoms with van der Waals surface area (Å²) in [4.78, 5) is 26.8. The van der Waals surface area contributed by atoms with Crippen LogP contribution in [0.25, 0.3) is 0 Å². The molecule has 134 valence electrons. The third-order valence-corrected chi connectivity index (χ3v) is 4.30. The SMILES string of the molecule is Cc1nn(CC(=O)N2CCN(Cc3cnn(C)c3)CC2)cc1[N+](=O)[O-]. The molecule has 0 unspecified atom stereocenters. The Morgan fingerprint density at radius 3 is 2.56 bits per heavy atom. The van der Waals surface area contributed by atoms with Crippen molar-refractivity contribution in [1.82, 2.24) is 29.4 Å². The number of hydrogen-bond acceptors (Lipinski definition) is 6. The second-order valence-electron chi connectivity index (χ2n) is 6.23. The largest absolute Gasteiger partial charge is 0.339 e. The summed E-state index contributed by atoms with van der Waals surface area (Å²) in [6, 6.07) is 0. The van der Waals surface area contributed by atoms with Gasteiger partial charge in [-0.25, -0.2) is 0 Å². The summed E-state index contributed by atoms with van der Waals surface area (Å²) in [5.41, 5.74) is 1.41. The van der Waals surface area contributed by atoms with Crippen molar-refractivity contribution in [2.45, 2.75) is 20.0 Å². The van der Waals surface area contributed by atoms with Crippen LogP contribution in [0.15, 0.2) is 18.6 Å². The standard InChI is InChI=1S/C15H21N7O3/c1-12-14(22(24)25)10-21(17-12)11-15(23)20-5-3-19(4-6-20)9-13-7-16-18(2)8-13/h7-8,10H,3-6,9,11H2,1-2H3. The monoisotopic (exact) mass is 347 g/mol. The first-order chi connectivity index (χ1) is 11.9.